The van der Waals surface area contributed by atoms with Crippen LogP contribution in [-0.2, 0) is 9.53 Å². The van der Waals surface area contributed by atoms with Crippen LogP contribution in [0.4, 0.5) is 4.79 Å². The second kappa shape index (κ2) is 11.4. The smallest absolute Gasteiger partial charge is 0.408 e. The van der Waals surface area contributed by atoms with Gasteiger partial charge in [-0.1, -0.05) is 20.8 Å². The van der Waals surface area contributed by atoms with Crippen molar-refractivity contribution in [2.24, 2.45) is 46.3 Å². The molecule has 4 aliphatic rings. The summed E-state index contributed by atoms with van der Waals surface area (Å²) in [7, 11) is 0. The fraction of sp³-hybridized carbons (Fsp3) is 0.931. The first-order chi connectivity index (χ1) is 18.3. The van der Waals surface area contributed by atoms with Crippen LogP contribution in [0.5, 0.6) is 0 Å². The van der Waals surface area contributed by atoms with Crippen molar-refractivity contribution in [1.82, 2.24) is 5.32 Å². The van der Waals surface area contributed by atoms with Gasteiger partial charge in [-0.25, -0.2) is 4.79 Å². The van der Waals surface area contributed by atoms with E-state index in [1.165, 1.54) is 0 Å². The van der Waals surface area contributed by atoms with Crippen LogP contribution in [0, 0.1) is 46.3 Å². The van der Waals surface area contributed by atoms with E-state index in [1.54, 1.807) is 0 Å². The maximum atomic E-state index is 12.5. The molecule has 7 N–H and O–H groups in total. The zero-order chi connectivity index (χ0) is 28.8. The molecule has 4 rings (SSSR count). The van der Waals surface area contributed by atoms with Crippen molar-refractivity contribution in [3.63, 3.8) is 0 Å². The fourth-order valence-corrected chi connectivity index (χ4v) is 9.44. The molecule has 11 atom stereocenters. The van der Waals surface area contributed by atoms with Crippen LogP contribution in [-0.4, -0.2) is 86.4 Å². The summed E-state index contributed by atoms with van der Waals surface area (Å²) in [6.45, 7) is 4.66. The van der Waals surface area contributed by atoms with Gasteiger partial charge in [-0.3, -0.25) is 4.79 Å². The quantitative estimate of drug-likeness (QED) is 0.224. The number of aliphatic carboxylic acids is 1. The molecule has 4 fully saturated rings. The Morgan fingerprint density at radius 2 is 1.67 bits per heavy atom. The highest BCUT2D eigenvalue weighted by Gasteiger charge is 2.65. The number of amides is 1. The number of hydrogen-bond donors (Lipinski definition) is 7. The normalized spacial score (nSPS) is 42.6. The van der Waals surface area contributed by atoms with E-state index in [-0.39, 0.29) is 58.9 Å². The van der Waals surface area contributed by atoms with Gasteiger partial charge in [0.05, 0.1) is 32.0 Å². The summed E-state index contributed by atoms with van der Waals surface area (Å²) < 4.78 is 5.65. The van der Waals surface area contributed by atoms with E-state index in [0.717, 1.165) is 19.3 Å². The summed E-state index contributed by atoms with van der Waals surface area (Å²) >= 11 is 0. The number of fused-ring (bicyclic) bond motifs is 5. The van der Waals surface area contributed by atoms with Crippen molar-refractivity contribution >= 4 is 12.1 Å². The molecule has 10 nitrogen and oxygen atoms in total. The van der Waals surface area contributed by atoms with Crippen LogP contribution in [0.25, 0.3) is 0 Å². The van der Waals surface area contributed by atoms with Crippen molar-refractivity contribution < 1.29 is 45.0 Å². The standard InChI is InChI=1S/C29H49NO9/c1-16(4-7-24(36)37)19-5-6-20-25-21(12-23(35)28(19,20)3)27(2)9-8-18(10-17(27)11-22(25)34)39-26(38)30-29(13-31,14-32)15-33/h16-23,25,31-35H,4-15H2,1-3H3,(H,30,38)(H,36,37)/t16?,17-,18+,19?,20-,21?,22?,23?,25+,27?,28?/m0/s1. The lowest BCUT2D eigenvalue weighted by molar-refractivity contribution is -0.207. The van der Waals surface area contributed by atoms with Gasteiger partial charge in [0.25, 0.3) is 0 Å². The molecule has 0 radical (unpaired) electrons. The topological polar surface area (TPSA) is 177 Å². The van der Waals surface area contributed by atoms with Crippen LogP contribution in [0.15, 0.2) is 0 Å². The lowest BCUT2D eigenvalue weighted by atomic mass is 9.43. The first-order valence-electron chi connectivity index (χ1n) is 14.7. The van der Waals surface area contributed by atoms with Gasteiger partial charge in [0.2, 0.25) is 0 Å². The average Bonchev–Trinajstić information content (AvgIpc) is 3.26. The second-order valence-corrected chi connectivity index (χ2v) is 13.7. The molecule has 7 unspecified atom stereocenters. The molecule has 10 heteroatoms. The maximum Gasteiger partial charge on any atom is 0.408 e. The first kappa shape index (κ1) is 30.5. The predicted molar refractivity (Wildman–Crippen MR) is 141 cm³/mol. The Morgan fingerprint density at radius 1 is 1.00 bits per heavy atom. The molecule has 0 aromatic rings. The number of alkyl carbamates (subject to hydrolysis) is 1. The summed E-state index contributed by atoms with van der Waals surface area (Å²) in [6.07, 6.45) is 3.62. The summed E-state index contributed by atoms with van der Waals surface area (Å²) in [6, 6.07) is 0. The molecule has 39 heavy (non-hydrogen) atoms. The Hall–Kier alpha value is -1.46. The van der Waals surface area contributed by atoms with Crippen LogP contribution in [0.3, 0.4) is 0 Å². The van der Waals surface area contributed by atoms with Crippen LogP contribution < -0.4 is 5.32 Å². The van der Waals surface area contributed by atoms with E-state index < -0.39 is 49.6 Å². The Kier molecular flexibility index (Phi) is 8.94. The molecule has 0 aromatic carbocycles. The van der Waals surface area contributed by atoms with Gasteiger partial charge in [-0.15, -0.1) is 0 Å². The third-order valence-electron chi connectivity index (χ3n) is 11.9. The molecule has 0 aromatic heterocycles. The van der Waals surface area contributed by atoms with Gasteiger partial charge >= 0.3 is 12.1 Å². The monoisotopic (exact) mass is 555 g/mol. The number of nitrogens with one attached hydrogen (secondary N) is 1. The van der Waals surface area contributed by atoms with Gasteiger partial charge in [0.15, 0.2) is 0 Å². The highest BCUT2D eigenvalue weighted by Crippen LogP contribution is 2.68. The van der Waals surface area contributed by atoms with Crippen molar-refractivity contribution in [3.8, 4) is 0 Å². The number of carboxylic acid groups (broad SMARTS) is 1. The molecular formula is C29H49NO9. The minimum absolute atomic E-state index is 0.0800. The highest BCUT2D eigenvalue weighted by molar-refractivity contribution is 5.68. The number of carbonyl (C=O) groups excluding carboxylic acids is 1. The average molecular weight is 556 g/mol. The Balaban J connectivity index is 1.46. The molecule has 4 aliphatic carbocycles. The maximum absolute atomic E-state index is 12.5. The van der Waals surface area contributed by atoms with E-state index in [0.29, 0.717) is 32.1 Å². The minimum Gasteiger partial charge on any atom is -0.481 e. The molecular weight excluding hydrogens is 506 g/mol. The molecule has 224 valence electrons. The summed E-state index contributed by atoms with van der Waals surface area (Å²) in [5, 5.41) is 63.3. The lowest BCUT2D eigenvalue weighted by Gasteiger charge is -2.63. The Labute approximate surface area is 231 Å². The zero-order valence-corrected chi connectivity index (χ0v) is 23.6. The predicted octanol–water partition coefficient (Wildman–Crippen LogP) is 1.90. The van der Waals surface area contributed by atoms with E-state index >= 15 is 0 Å². The van der Waals surface area contributed by atoms with E-state index in [4.69, 9.17) is 4.74 Å². The SMILES string of the molecule is CC(CCC(=O)O)C1CC[C@H]2[C@H]3C(O)C[C@@H]4C[C@H](OC(=O)NC(CO)(CO)CO)CCC4(C)C3CC(O)C12C. The third kappa shape index (κ3) is 5.32. The number of hydrogen-bond acceptors (Lipinski definition) is 8. The molecule has 0 bridgehead atoms. The molecule has 0 saturated heterocycles. The molecule has 0 heterocycles. The largest absolute Gasteiger partial charge is 0.481 e. The number of aliphatic hydroxyl groups is 5. The van der Waals surface area contributed by atoms with Gasteiger partial charge in [0.1, 0.15) is 11.6 Å². The van der Waals surface area contributed by atoms with Gasteiger partial charge in [-0.05, 0) is 97.7 Å². The highest BCUT2D eigenvalue weighted by atomic mass is 16.6. The van der Waals surface area contributed by atoms with E-state index in [2.05, 4.69) is 26.1 Å². The fourth-order valence-electron chi connectivity index (χ4n) is 9.44. The minimum atomic E-state index is -1.55. The van der Waals surface area contributed by atoms with Crippen molar-refractivity contribution in [2.45, 2.75) is 102 Å². The Morgan fingerprint density at radius 3 is 2.28 bits per heavy atom. The number of carbonyl (C=O) groups is 2. The lowest BCUT2D eigenvalue weighted by Crippen LogP contribution is -2.62. The summed E-state index contributed by atoms with van der Waals surface area (Å²) in [5.41, 5.74) is -2.01. The van der Waals surface area contributed by atoms with E-state index in [1.807, 2.05) is 0 Å². The zero-order valence-electron chi connectivity index (χ0n) is 23.6. The second-order valence-electron chi connectivity index (χ2n) is 13.7. The molecule has 0 aliphatic heterocycles. The Bertz CT molecular complexity index is 888. The van der Waals surface area contributed by atoms with Crippen molar-refractivity contribution in [2.75, 3.05) is 19.8 Å². The van der Waals surface area contributed by atoms with Gasteiger partial charge in [-0.2, -0.15) is 0 Å². The number of carboxylic acids is 1. The van der Waals surface area contributed by atoms with Crippen molar-refractivity contribution in [3.05, 3.63) is 0 Å². The summed E-state index contributed by atoms with van der Waals surface area (Å²) in [5.74, 6) is 0.137. The molecule has 4 saturated carbocycles. The number of ether oxygens (including phenoxy) is 1. The summed E-state index contributed by atoms with van der Waals surface area (Å²) in [4.78, 5) is 23.7. The first-order valence-corrected chi connectivity index (χ1v) is 14.7. The van der Waals surface area contributed by atoms with E-state index in [9.17, 15) is 40.2 Å². The van der Waals surface area contributed by atoms with Crippen LogP contribution in [0.2, 0.25) is 0 Å². The van der Waals surface area contributed by atoms with Crippen LogP contribution in [0.1, 0.15) is 78.6 Å². The molecule has 1 amide bonds. The van der Waals surface area contributed by atoms with Gasteiger partial charge < -0.3 is 40.7 Å². The van der Waals surface area contributed by atoms with Crippen molar-refractivity contribution in [1.29, 1.82) is 0 Å². The number of rotatable bonds is 9. The van der Waals surface area contributed by atoms with Gasteiger partial charge in [0, 0.05) is 6.42 Å². The third-order valence-corrected chi connectivity index (χ3v) is 11.9. The number of aliphatic hydroxyl groups excluding tert-OH is 5. The molecule has 0 spiro atoms. The van der Waals surface area contributed by atoms with Crippen LogP contribution >= 0.6 is 0 Å².